The number of Topliss-reactive ketones (excluding diaryl/α,β-unsaturated/α-hetero) is 1. The van der Waals surface area contributed by atoms with Crippen LogP contribution in [-0.2, 0) is 4.79 Å². The van der Waals surface area contributed by atoms with Crippen LogP contribution in [0.3, 0.4) is 0 Å². The molecule has 2 atom stereocenters. The van der Waals surface area contributed by atoms with E-state index in [-0.39, 0.29) is 5.78 Å². The summed E-state index contributed by atoms with van der Waals surface area (Å²) in [6.45, 7) is 5.19. The molecular weight excluding hydrogens is 222 g/mol. The molecular formula is C13H18ClNO. The minimum absolute atomic E-state index is 0.265. The van der Waals surface area contributed by atoms with Crippen LogP contribution in [0, 0.1) is 24.2 Å². The maximum Gasteiger partial charge on any atom is 0.158 e. The van der Waals surface area contributed by atoms with Gasteiger partial charge in [0, 0.05) is 13.0 Å². The van der Waals surface area contributed by atoms with Crippen molar-refractivity contribution in [1.29, 1.82) is 0 Å². The van der Waals surface area contributed by atoms with Crippen molar-refractivity contribution in [2.75, 3.05) is 13.1 Å². The summed E-state index contributed by atoms with van der Waals surface area (Å²) in [5, 5.41) is 0. The minimum Gasteiger partial charge on any atom is -0.295 e. The third kappa shape index (κ3) is 3.66. The molecule has 0 saturated heterocycles. The molecule has 1 rings (SSSR count). The largest absolute Gasteiger partial charge is 0.295 e. The molecule has 3 heteroatoms. The summed E-state index contributed by atoms with van der Waals surface area (Å²) in [5.41, 5.74) is 0.898. The van der Waals surface area contributed by atoms with Gasteiger partial charge in [-0.15, -0.1) is 6.42 Å². The topological polar surface area (TPSA) is 20.3 Å². The lowest BCUT2D eigenvalue weighted by Crippen LogP contribution is -2.28. The minimum atomic E-state index is 0.265. The molecule has 0 aliphatic heterocycles. The first-order chi connectivity index (χ1) is 7.54. The number of carbonyl (C=O) groups excluding carboxylic acids is 1. The summed E-state index contributed by atoms with van der Waals surface area (Å²) in [7, 11) is 0. The molecule has 0 radical (unpaired) electrons. The number of terminal acetylenes is 1. The number of rotatable bonds is 4. The number of hydrogen-bond donors (Lipinski definition) is 0. The van der Waals surface area contributed by atoms with Crippen molar-refractivity contribution in [3.63, 3.8) is 0 Å². The van der Waals surface area contributed by atoms with Gasteiger partial charge in [-0.1, -0.05) is 18.9 Å². The molecule has 1 aliphatic carbocycles. The Morgan fingerprint density at radius 1 is 1.75 bits per heavy atom. The Labute approximate surface area is 103 Å². The van der Waals surface area contributed by atoms with Crippen molar-refractivity contribution in [1.82, 2.24) is 4.42 Å². The van der Waals surface area contributed by atoms with Crippen LogP contribution in [0.5, 0.6) is 0 Å². The number of hydrogen-bond acceptors (Lipinski definition) is 2. The van der Waals surface area contributed by atoms with Gasteiger partial charge >= 0.3 is 0 Å². The van der Waals surface area contributed by atoms with Crippen LogP contribution in [0.15, 0.2) is 11.6 Å². The van der Waals surface area contributed by atoms with Gasteiger partial charge in [0.2, 0.25) is 0 Å². The van der Waals surface area contributed by atoms with Gasteiger partial charge < -0.3 is 0 Å². The monoisotopic (exact) mass is 239 g/mol. The number of nitrogens with zero attached hydrogens (tertiary/aromatic N) is 1. The molecule has 0 unspecified atom stereocenters. The van der Waals surface area contributed by atoms with Gasteiger partial charge in [0.05, 0.1) is 6.54 Å². The van der Waals surface area contributed by atoms with Crippen LogP contribution in [0.4, 0.5) is 0 Å². The number of halogens is 1. The highest BCUT2D eigenvalue weighted by Gasteiger charge is 2.25. The molecule has 88 valence electrons. The molecule has 0 fully saturated rings. The van der Waals surface area contributed by atoms with Gasteiger partial charge in [0.1, 0.15) is 0 Å². The third-order valence-corrected chi connectivity index (χ3v) is 3.43. The molecule has 0 aromatic carbocycles. The Kier molecular flexibility index (Phi) is 5.05. The van der Waals surface area contributed by atoms with E-state index in [4.69, 9.17) is 18.2 Å². The average Bonchev–Trinajstić information content (AvgIpc) is 2.22. The molecule has 0 saturated carbocycles. The Hall–Kier alpha value is -0.780. The van der Waals surface area contributed by atoms with Crippen LogP contribution < -0.4 is 0 Å². The number of allylic oxidation sites excluding steroid dienone is 2. The highest BCUT2D eigenvalue weighted by atomic mass is 35.5. The fraction of sp³-hybridized carbons (Fsp3) is 0.615. The first kappa shape index (κ1) is 13.3. The number of carbonyl (C=O) groups is 1. The van der Waals surface area contributed by atoms with Crippen LogP contribution in [0.2, 0.25) is 0 Å². The van der Waals surface area contributed by atoms with Crippen LogP contribution >= 0.6 is 11.8 Å². The predicted octanol–water partition coefficient (Wildman–Crippen LogP) is 2.64. The molecule has 0 spiro atoms. The fourth-order valence-corrected chi connectivity index (χ4v) is 2.27. The normalized spacial score (nSPS) is 22.8. The van der Waals surface area contributed by atoms with E-state index in [0.717, 1.165) is 18.5 Å². The SMILES string of the molecule is C#CCN(Cl)C[C@H](C)[C@@H]1CC=C(C)C(=O)C1. The van der Waals surface area contributed by atoms with E-state index in [1.54, 1.807) is 4.42 Å². The van der Waals surface area contributed by atoms with E-state index in [1.165, 1.54) is 0 Å². The maximum absolute atomic E-state index is 11.6. The van der Waals surface area contributed by atoms with E-state index in [2.05, 4.69) is 12.8 Å². The third-order valence-electron chi connectivity index (χ3n) is 3.17. The van der Waals surface area contributed by atoms with E-state index in [0.29, 0.717) is 24.8 Å². The van der Waals surface area contributed by atoms with E-state index in [1.807, 2.05) is 13.0 Å². The molecule has 0 amide bonds. The molecule has 2 nitrogen and oxygen atoms in total. The van der Waals surface area contributed by atoms with Crippen molar-refractivity contribution < 1.29 is 4.79 Å². The van der Waals surface area contributed by atoms with Gasteiger partial charge in [-0.05, 0) is 42.5 Å². The van der Waals surface area contributed by atoms with Crippen molar-refractivity contribution in [2.45, 2.75) is 26.7 Å². The van der Waals surface area contributed by atoms with Crippen LogP contribution in [-0.4, -0.2) is 23.3 Å². The molecule has 1 aliphatic rings. The average molecular weight is 240 g/mol. The van der Waals surface area contributed by atoms with Crippen molar-refractivity contribution in [2.24, 2.45) is 11.8 Å². The quantitative estimate of drug-likeness (QED) is 0.555. The molecule has 0 bridgehead atoms. The predicted molar refractivity (Wildman–Crippen MR) is 66.9 cm³/mol. The van der Waals surface area contributed by atoms with Gasteiger partial charge in [-0.25, -0.2) is 4.42 Å². The zero-order valence-corrected chi connectivity index (χ0v) is 10.6. The van der Waals surface area contributed by atoms with E-state index < -0.39 is 0 Å². The summed E-state index contributed by atoms with van der Waals surface area (Å²) in [4.78, 5) is 11.6. The lowest BCUT2D eigenvalue weighted by atomic mass is 9.81. The Bertz CT molecular complexity index is 329. The highest BCUT2D eigenvalue weighted by Crippen LogP contribution is 2.27. The summed E-state index contributed by atoms with van der Waals surface area (Å²) < 4.78 is 1.61. The molecule has 0 N–H and O–H groups in total. The van der Waals surface area contributed by atoms with Crippen molar-refractivity contribution in [3.05, 3.63) is 11.6 Å². The summed E-state index contributed by atoms with van der Waals surface area (Å²) in [5.74, 6) is 3.56. The first-order valence-corrected chi connectivity index (χ1v) is 5.92. The summed E-state index contributed by atoms with van der Waals surface area (Å²) in [6, 6.07) is 0. The fourth-order valence-electron chi connectivity index (χ4n) is 1.98. The molecule has 0 aromatic rings. The van der Waals surface area contributed by atoms with Crippen LogP contribution in [0.1, 0.15) is 26.7 Å². The lowest BCUT2D eigenvalue weighted by Gasteiger charge is -2.27. The van der Waals surface area contributed by atoms with Gasteiger partial charge in [0.25, 0.3) is 0 Å². The Balaban J connectivity index is 2.47. The van der Waals surface area contributed by atoms with Gasteiger partial charge in [-0.3, -0.25) is 4.79 Å². The maximum atomic E-state index is 11.6. The lowest BCUT2D eigenvalue weighted by molar-refractivity contribution is -0.117. The smallest absolute Gasteiger partial charge is 0.158 e. The molecule has 0 heterocycles. The second kappa shape index (κ2) is 6.08. The zero-order valence-electron chi connectivity index (χ0n) is 9.87. The van der Waals surface area contributed by atoms with Gasteiger partial charge in [-0.2, -0.15) is 0 Å². The first-order valence-electron chi connectivity index (χ1n) is 5.58. The van der Waals surface area contributed by atoms with E-state index in [9.17, 15) is 4.79 Å². The zero-order chi connectivity index (χ0) is 12.1. The Morgan fingerprint density at radius 2 is 2.44 bits per heavy atom. The molecule has 16 heavy (non-hydrogen) atoms. The number of ketones is 1. The van der Waals surface area contributed by atoms with Gasteiger partial charge in [0.15, 0.2) is 5.78 Å². The van der Waals surface area contributed by atoms with Crippen molar-refractivity contribution >= 4 is 17.6 Å². The second-order valence-electron chi connectivity index (χ2n) is 4.49. The summed E-state index contributed by atoms with van der Waals surface area (Å²) >= 11 is 5.95. The van der Waals surface area contributed by atoms with Crippen molar-refractivity contribution in [3.8, 4) is 12.3 Å². The summed E-state index contributed by atoms with van der Waals surface area (Å²) in [6.07, 6.45) is 8.83. The highest BCUT2D eigenvalue weighted by molar-refractivity contribution is 6.13. The standard InChI is InChI=1S/C13H18ClNO/c1-4-7-15(14)9-11(3)12-6-5-10(2)13(16)8-12/h1,5,11-12H,6-9H2,2-3H3/t11-,12+/m0/s1. The molecule has 0 aromatic heterocycles. The Morgan fingerprint density at radius 3 is 3.00 bits per heavy atom. The van der Waals surface area contributed by atoms with Crippen LogP contribution in [0.25, 0.3) is 0 Å². The second-order valence-corrected chi connectivity index (χ2v) is 4.97. The van der Waals surface area contributed by atoms with E-state index >= 15 is 0 Å².